The summed E-state index contributed by atoms with van der Waals surface area (Å²) in [7, 11) is -1.32. The highest BCUT2D eigenvalue weighted by atomic mass is 28.3. The van der Waals surface area contributed by atoms with Crippen LogP contribution in [0.15, 0.2) is 0 Å². The van der Waals surface area contributed by atoms with Crippen molar-refractivity contribution in [2.75, 3.05) is 0 Å². The fraction of sp³-hybridized carbons (Fsp3) is 1.00. The molecule has 0 spiro atoms. The van der Waals surface area contributed by atoms with E-state index in [1.54, 1.807) is 0 Å². The van der Waals surface area contributed by atoms with E-state index in [2.05, 4.69) is 26.6 Å². The maximum Gasteiger partial charge on any atom is 0.0781 e. The van der Waals surface area contributed by atoms with E-state index in [9.17, 15) is 5.11 Å². The Hall–Kier alpha value is 0.177. The van der Waals surface area contributed by atoms with E-state index in [0.29, 0.717) is 0 Å². The van der Waals surface area contributed by atoms with E-state index in [4.69, 9.17) is 0 Å². The molecule has 0 saturated heterocycles. The van der Waals surface area contributed by atoms with E-state index in [-0.39, 0.29) is 5.73 Å². The molecule has 0 radical (unpaired) electrons. The van der Waals surface area contributed by atoms with Gasteiger partial charge in [-0.25, -0.2) is 0 Å². The molecule has 0 aliphatic carbocycles. The lowest BCUT2D eigenvalue weighted by molar-refractivity contribution is 0.228. The van der Waals surface area contributed by atoms with Gasteiger partial charge in [-0.1, -0.05) is 155 Å². The van der Waals surface area contributed by atoms with E-state index in [1.807, 2.05) is 0 Å². The predicted octanol–water partition coefficient (Wildman–Crippen LogP) is 9.44. The van der Waals surface area contributed by atoms with Crippen molar-refractivity contribution < 1.29 is 5.11 Å². The summed E-state index contributed by atoms with van der Waals surface area (Å²) in [4.78, 5) is 0. The Balaban J connectivity index is 3.09. The van der Waals surface area contributed by atoms with Crippen LogP contribution in [0.4, 0.5) is 0 Å². The number of rotatable bonds is 22. The van der Waals surface area contributed by atoms with Gasteiger partial charge in [0.1, 0.15) is 0 Å². The summed E-state index contributed by atoms with van der Waals surface area (Å²) in [5.74, 6) is 0. The molecule has 1 atom stereocenters. The summed E-state index contributed by atoms with van der Waals surface area (Å²) >= 11 is 0. The van der Waals surface area contributed by atoms with Crippen molar-refractivity contribution in [3.05, 3.63) is 0 Å². The summed E-state index contributed by atoms with van der Waals surface area (Å²) in [5, 5.41) is 10.1. The maximum atomic E-state index is 10.1. The SMILES string of the molecule is CCCCCCCCCCCCCCCCCCCCCCC(O)[Si](C)(C)C. The number of hydrogen-bond donors (Lipinski definition) is 1. The van der Waals surface area contributed by atoms with Crippen molar-refractivity contribution in [1.29, 1.82) is 0 Å². The molecule has 0 fully saturated rings. The van der Waals surface area contributed by atoms with Crippen LogP contribution in [0.2, 0.25) is 19.6 Å². The number of aliphatic hydroxyl groups excluding tert-OH is 1. The topological polar surface area (TPSA) is 20.2 Å². The van der Waals surface area contributed by atoms with Crippen molar-refractivity contribution in [1.82, 2.24) is 0 Å². The van der Waals surface area contributed by atoms with Crippen LogP contribution >= 0.6 is 0 Å². The summed E-state index contributed by atoms with van der Waals surface area (Å²) in [6.45, 7) is 9.11. The minimum atomic E-state index is -1.32. The highest BCUT2D eigenvalue weighted by molar-refractivity contribution is 6.77. The second kappa shape index (κ2) is 20.4. The van der Waals surface area contributed by atoms with Crippen LogP contribution < -0.4 is 0 Å². The summed E-state index contributed by atoms with van der Waals surface area (Å²) < 4.78 is 0. The molecule has 0 aromatic heterocycles. The largest absolute Gasteiger partial charge is 0.397 e. The average Bonchev–Trinajstić information content (AvgIpc) is 2.65. The van der Waals surface area contributed by atoms with Crippen LogP contribution in [0, 0.1) is 0 Å². The van der Waals surface area contributed by atoms with Gasteiger partial charge < -0.3 is 5.11 Å². The molecule has 0 aromatic rings. The molecule has 1 N–H and O–H groups in total. The lowest BCUT2D eigenvalue weighted by Gasteiger charge is -2.23. The fourth-order valence-electron chi connectivity index (χ4n) is 4.03. The molecular weight excluding hydrogens is 356 g/mol. The molecular formula is C26H56OSi. The standard InChI is InChI=1S/C26H56OSi/c1-5-6-7-8-9-10-11-12-13-14-15-16-17-18-19-20-21-22-23-24-25-26(27)28(2,3)4/h26-27H,5-25H2,1-4H3. The minimum absolute atomic E-state index is 0.00282. The Bertz CT molecular complexity index is 297. The Kier molecular flexibility index (Phi) is 20.6. The van der Waals surface area contributed by atoms with Crippen LogP contribution in [-0.2, 0) is 0 Å². The smallest absolute Gasteiger partial charge is 0.0781 e. The summed E-state index contributed by atoms with van der Waals surface area (Å²) in [6, 6.07) is 0. The molecule has 0 aliphatic rings. The zero-order valence-corrected chi connectivity index (χ0v) is 21.4. The maximum absolute atomic E-state index is 10.1. The summed E-state index contributed by atoms with van der Waals surface area (Å²) in [6.07, 6.45) is 29.6. The monoisotopic (exact) mass is 412 g/mol. The quantitative estimate of drug-likeness (QED) is 0.139. The third-order valence-corrected chi connectivity index (χ3v) is 8.62. The van der Waals surface area contributed by atoms with Gasteiger partial charge in [0, 0.05) is 5.73 Å². The molecule has 0 aliphatic heterocycles. The molecule has 0 saturated carbocycles. The van der Waals surface area contributed by atoms with E-state index in [0.717, 1.165) is 6.42 Å². The molecule has 0 aromatic carbocycles. The van der Waals surface area contributed by atoms with Gasteiger partial charge in [-0.15, -0.1) is 0 Å². The second-order valence-corrected chi connectivity index (χ2v) is 15.8. The van der Waals surface area contributed by atoms with Gasteiger partial charge in [0.05, 0.1) is 8.07 Å². The van der Waals surface area contributed by atoms with Crippen LogP contribution in [0.5, 0.6) is 0 Å². The lowest BCUT2D eigenvalue weighted by atomic mass is 10.0. The zero-order chi connectivity index (χ0) is 20.9. The third kappa shape index (κ3) is 20.9. The van der Waals surface area contributed by atoms with Gasteiger partial charge >= 0.3 is 0 Å². The van der Waals surface area contributed by atoms with Crippen LogP contribution in [0.25, 0.3) is 0 Å². The highest BCUT2D eigenvalue weighted by Gasteiger charge is 2.23. The highest BCUT2D eigenvalue weighted by Crippen LogP contribution is 2.17. The minimum Gasteiger partial charge on any atom is -0.397 e. The molecule has 28 heavy (non-hydrogen) atoms. The molecule has 0 bridgehead atoms. The van der Waals surface area contributed by atoms with Gasteiger partial charge in [-0.3, -0.25) is 0 Å². The Morgan fingerprint density at radius 1 is 0.464 bits per heavy atom. The first-order valence-corrected chi connectivity index (χ1v) is 16.7. The molecule has 0 amide bonds. The molecule has 0 rings (SSSR count). The molecule has 1 unspecified atom stereocenters. The fourth-order valence-corrected chi connectivity index (χ4v) is 5.10. The van der Waals surface area contributed by atoms with E-state index in [1.165, 1.54) is 128 Å². The van der Waals surface area contributed by atoms with Gasteiger partial charge in [-0.2, -0.15) is 0 Å². The van der Waals surface area contributed by atoms with Crippen molar-refractivity contribution in [2.24, 2.45) is 0 Å². The van der Waals surface area contributed by atoms with Gasteiger partial charge in [0.25, 0.3) is 0 Å². The molecule has 2 heteroatoms. The first-order chi connectivity index (χ1) is 13.5. The predicted molar refractivity (Wildman–Crippen MR) is 132 cm³/mol. The second-order valence-electron chi connectivity index (χ2n) is 10.4. The van der Waals surface area contributed by atoms with Crippen LogP contribution in [0.1, 0.15) is 142 Å². The van der Waals surface area contributed by atoms with Gasteiger partial charge in [-0.05, 0) is 6.42 Å². The first kappa shape index (κ1) is 28.2. The molecule has 1 nitrogen and oxygen atoms in total. The van der Waals surface area contributed by atoms with Crippen LogP contribution in [-0.4, -0.2) is 18.9 Å². The zero-order valence-electron chi connectivity index (χ0n) is 20.4. The molecule has 0 heterocycles. The van der Waals surface area contributed by atoms with E-state index < -0.39 is 8.07 Å². The van der Waals surface area contributed by atoms with E-state index >= 15 is 0 Å². The first-order valence-electron chi connectivity index (χ1n) is 13.2. The van der Waals surface area contributed by atoms with Crippen molar-refractivity contribution >= 4 is 8.07 Å². The Morgan fingerprint density at radius 3 is 0.964 bits per heavy atom. The Labute approximate surface area is 180 Å². The lowest BCUT2D eigenvalue weighted by Crippen LogP contribution is -2.37. The number of aliphatic hydroxyl groups is 1. The Morgan fingerprint density at radius 2 is 0.714 bits per heavy atom. The average molecular weight is 413 g/mol. The van der Waals surface area contributed by atoms with Gasteiger partial charge in [0.15, 0.2) is 0 Å². The number of hydrogen-bond acceptors (Lipinski definition) is 1. The van der Waals surface area contributed by atoms with Gasteiger partial charge in [0.2, 0.25) is 0 Å². The van der Waals surface area contributed by atoms with Crippen molar-refractivity contribution in [3.63, 3.8) is 0 Å². The normalized spacial score (nSPS) is 13.2. The van der Waals surface area contributed by atoms with Crippen molar-refractivity contribution in [3.8, 4) is 0 Å². The number of unbranched alkanes of at least 4 members (excludes halogenated alkanes) is 19. The molecule has 170 valence electrons. The van der Waals surface area contributed by atoms with Crippen molar-refractivity contribution in [2.45, 2.75) is 167 Å². The summed E-state index contributed by atoms with van der Waals surface area (Å²) in [5.41, 5.74) is 0.00282. The third-order valence-electron chi connectivity index (χ3n) is 6.33. The van der Waals surface area contributed by atoms with Crippen LogP contribution in [0.3, 0.4) is 0 Å².